The van der Waals surface area contributed by atoms with Crippen LogP contribution >= 0.6 is 0 Å². The van der Waals surface area contributed by atoms with E-state index in [9.17, 15) is 9.59 Å². The van der Waals surface area contributed by atoms with Gasteiger partial charge < -0.3 is 29.2 Å². The number of benzene rings is 3. The van der Waals surface area contributed by atoms with Crippen LogP contribution in [0.15, 0.2) is 91.5 Å². The lowest BCUT2D eigenvalue weighted by Crippen LogP contribution is -2.40. The third kappa shape index (κ3) is 5.05. The molecule has 1 aliphatic rings. The number of ether oxygens (including phenoxy) is 1. The van der Waals surface area contributed by atoms with Crippen LogP contribution in [0.1, 0.15) is 26.3 Å². The highest BCUT2D eigenvalue weighted by atomic mass is 16.5. The molecule has 2 amide bonds. The first-order chi connectivity index (χ1) is 21.5. The fourth-order valence-corrected chi connectivity index (χ4v) is 5.69. The van der Waals surface area contributed by atoms with Gasteiger partial charge in [-0.3, -0.25) is 9.59 Å². The lowest BCUT2D eigenvalue weighted by molar-refractivity contribution is 0.0303. The molecule has 1 fully saturated rings. The van der Waals surface area contributed by atoms with Gasteiger partial charge in [-0.05, 0) is 48.9 Å². The number of aromatic nitrogens is 4. The molecule has 1 aliphatic heterocycles. The van der Waals surface area contributed by atoms with Crippen LogP contribution in [0.4, 0.5) is 17.2 Å². The number of fused-ring (bicyclic) bond motifs is 2. The minimum Gasteiger partial charge on any atom is -0.378 e. The Morgan fingerprint density at radius 1 is 0.932 bits per heavy atom. The maximum Gasteiger partial charge on any atom is 0.257 e. The molecule has 0 radical (unpaired) electrons. The van der Waals surface area contributed by atoms with Gasteiger partial charge in [-0.1, -0.05) is 30.3 Å². The quantitative estimate of drug-likeness (QED) is 0.261. The first-order valence-electron chi connectivity index (χ1n) is 14.5. The highest BCUT2D eigenvalue weighted by molar-refractivity contribution is 6.13. The minimum atomic E-state index is -0.169. The van der Waals surface area contributed by atoms with Crippen molar-refractivity contribution in [3.63, 3.8) is 0 Å². The van der Waals surface area contributed by atoms with E-state index in [4.69, 9.17) is 9.72 Å². The van der Waals surface area contributed by atoms with Crippen molar-refractivity contribution in [1.29, 1.82) is 0 Å². The number of nitrogens with zero attached hydrogens (tertiary/aromatic N) is 5. The molecule has 7 rings (SSSR count). The van der Waals surface area contributed by atoms with E-state index >= 15 is 0 Å². The monoisotopic (exact) mass is 585 g/mol. The standard InChI is InChI=1S/C34H31N7O3/c1-22-25(7-5-8-28(22)38-33(42)27-20-39(2)30-9-4-3-6-26(27)30)29-21-41-15-14-35-32(41)31(37-29)36-24-12-10-23(11-13-24)34(43)40-16-18-44-19-17-40/h3-15,20-21H,16-19H2,1-2H3,(H,36,37)(H,38,42). The summed E-state index contributed by atoms with van der Waals surface area (Å²) in [6.07, 6.45) is 7.38. The van der Waals surface area contributed by atoms with E-state index in [1.165, 1.54) is 0 Å². The Bertz CT molecular complexity index is 2020. The molecule has 3 aromatic heterocycles. The summed E-state index contributed by atoms with van der Waals surface area (Å²) >= 11 is 0. The van der Waals surface area contributed by atoms with Crippen molar-refractivity contribution in [2.45, 2.75) is 6.92 Å². The lowest BCUT2D eigenvalue weighted by Gasteiger charge is -2.26. The number of aryl methyl sites for hydroxylation is 1. The molecule has 3 aromatic carbocycles. The van der Waals surface area contributed by atoms with E-state index in [1.54, 1.807) is 6.20 Å². The molecule has 4 heterocycles. The van der Waals surface area contributed by atoms with Crippen LogP contribution in [0.3, 0.4) is 0 Å². The largest absolute Gasteiger partial charge is 0.378 e. The topological polar surface area (TPSA) is 106 Å². The van der Waals surface area contributed by atoms with Gasteiger partial charge >= 0.3 is 0 Å². The van der Waals surface area contributed by atoms with Crippen LogP contribution in [-0.4, -0.2) is 62.0 Å². The Labute approximate surface area is 253 Å². The van der Waals surface area contributed by atoms with Crippen LogP contribution in [0.5, 0.6) is 0 Å². The van der Waals surface area contributed by atoms with Gasteiger partial charge in [0.25, 0.3) is 11.8 Å². The highest BCUT2D eigenvalue weighted by Crippen LogP contribution is 2.31. The second-order valence-corrected chi connectivity index (χ2v) is 10.8. The van der Waals surface area contributed by atoms with E-state index in [2.05, 4.69) is 15.6 Å². The van der Waals surface area contributed by atoms with Crippen molar-refractivity contribution in [2.75, 3.05) is 36.9 Å². The summed E-state index contributed by atoms with van der Waals surface area (Å²) in [4.78, 5) is 37.5. The molecule has 6 aromatic rings. The molecule has 0 spiro atoms. The fraction of sp³-hybridized carbons (Fsp3) is 0.176. The van der Waals surface area contributed by atoms with Gasteiger partial charge in [0.05, 0.1) is 24.5 Å². The zero-order valence-electron chi connectivity index (χ0n) is 24.4. The van der Waals surface area contributed by atoms with Gasteiger partial charge in [0, 0.05) is 78.3 Å². The maximum atomic E-state index is 13.4. The summed E-state index contributed by atoms with van der Waals surface area (Å²) in [5.41, 5.74) is 6.90. The Kier molecular flexibility index (Phi) is 7.03. The minimum absolute atomic E-state index is 0.00137. The van der Waals surface area contributed by atoms with E-state index < -0.39 is 0 Å². The molecule has 0 aliphatic carbocycles. The molecule has 2 N–H and O–H groups in total. The summed E-state index contributed by atoms with van der Waals surface area (Å²) in [6.45, 7) is 4.30. The van der Waals surface area contributed by atoms with Crippen molar-refractivity contribution >= 4 is 45.6 Å². The molecule has 44 heavy (non-hydrogen) atoms. The lowest BCUT2D eigenvalue weighted by atomic mass is 10.0. The smallest absolute Gasteiger partial charge is 0.257 e. The predicted octanol–water partition coefficient (Wildman–Crippen LogP) is 5.66. The van der Waals surface area contributed by atoms with Gasteiger partial charge in [-0.15, -0.1) is 0 Å². The predicted molar refractivity (Wildman–Crippen MR) is 170 cm³/mol. The van der Waals surface area contributed by atoms with Gasteiger partial charge in [0.1, 0.15) is 0 Å². The number of nitrogens with one attached hydrogen (secondary N) is 2. The maximum absolute atomic E-state index is 13.4. The van der Waals surface area contributed by atoms with Gasteiger partial charge in [-0.25, -0.2) is 9.97 Å². The Morgan fingerprint density at radius 2 is 1.73 bits per heavy atom. The number of hydrogen-bond donors (Lipinski definition) is 2. The third-order valence-corrected chi connectivity index (χ3v) is 8.07. The van der Waals surface area contributed by atoms with Gasteiger partial charge in [0.15, 0.2) is 11.5 Å². The van der Waals surface area contributed by atoms with E-state index in [0.29, 0.717) is 54.6 Å². The molecule has 0 bridgehead atoms. The van der Waals surface area contributed by atoms with Crippen molar-refractivity contribution < 1.29 is 14.3 Å². The molecule has 220 valence electrons. The van der Waals surface area contributed by atoms with Crippen LogP contribution < -0.4 is 10.6 Å². The van der Waals surface area contributed by atoms with Gasteiger partial charge in [0.2, 0.25) is 0 Å². The van der Waals surface area contributed by atoms with Crippen molar-refractivity contribution in [3.8, 4) is 11.3 Å². The summed E-state index contributed by atoms with van der Waals surface area (Å²) in [7, 11) is 1.94. The SMILES string of the molecule is Cc1c(NC(=O)c2cn(C)c3ccccc23)cccc1-c1cn2ccnc2c(Nc2ccc(C(=O)N3CCOCC3)cc2)n1. The zero-order chi connectivity index (χ0) is 30.2. The number of anilines is 3. The number of imidazole rings is 1. The molecule has 1 saturated heterocycles. The van der Waals surface area contributed by atoms with Gasteiger partial charge in [-0.2, -0.15) is 0 Å². The average Bonchev–Trinajstić information content (AvgIpc) is 3.67. The number of amides is 2. The number of rotatable bonds is 6. The molecular formula is C34H31N7O3. The average molecular weight is 586 g/mol. The molecule has 0 saturated carbocycles. The van der Waals surface area contributed by atoms with Crippen LogP contribution in [0.2, 0.25) is 0 Å². The number of hydrogen-bond acceptors (Lipinski definition) is 6. The van der Waals surface area contributed by atoms with Crippen molar-refractivity contribution in [2.24, 2.45) is 7.05 Å². The number of carbonyl (C=O) groups excluding carboxylic acids is 2. The fourth-order valence-electron chi connectivity index (χ4n) is 5.69. The number of para-hydroxylation sites is 1. The summed E-state index contributed by atoms with van der Waals surface area (Å²) < 4.78 is 9.25. The first-order valence-corrected chi connectivity index (χ1v) is 14.5. The second kappa shape index (κ2) is 11.3. The summed E-state index contributed by atoms with van der Waals surface area (Å²) in [6, 6.07) is 21.0. The summed E-state index contributed by atoms with van der Waals surface area (Å²) in [5, 5.41) is 7.40. The Hall–Kier alpha value is -5.48. The molecule has 0 unspecified atom stereocenters. The summed E-state index contributed by atoms with van der Waals surface area (Å²) in [5.74, 6) is 0.404. The van der Waals surface area contributed by atoms with Crippen LogP contribution in [0.25, 0.3) is 27.8 Å². The zero-order valence-corrected chi connectivity index (χ0v) is 24.4. The molecule has 0 atom stereocenters. The van der Waals surface area contributed by atoms with Crippen LogP contribution in [-0.2, 0) is 11.8 Å². The highest BCUT2D eigenvalue weighted by Gasteiger charge is 2.20. The van der Waals surface area contributed by atoms with Crippen molar-refractivity contribution in [1.82, 2.24) is 23.8 Å². The van der Waals surface area contributed by atoms with E-state index in [1.807, 2.05) is 113 Å². The number of carbonyl (C=O) groups is 2. The Balaban J connectivity index is 1.16. The molecule has 10 nitrogen and oxygen atoms in total. The Morgan fingerprint density at radius 3 is 2.55 bits per heavy atom. The second-order valence-electron chi connectivity index (χ2n) is 10.8. The number of morpholine rings is 1. The van der Waals surface area contributed by atoms with E-state index in [-0.39, 0.29) is 11.8 Å². The van der Waals surface area contributed by atoms with Crippen LogP contribution in [0, 0.1) is 6.92 Å². The first kappa shape index (κ1) is 27.4. The molecule has 10 heteroatoms. The normalized spacial score (nSPS) is 13.4. The van der Waals surface area contributed by atoms with E-state index in [0.717, 1.165) is 33.4 Å². The third-order valence-electron chi connectivity index (χ3n) is 8.07. The van der Waals surface area contributed by atoms with Crippen molar-refractivity contribution in [3.05, 3.63) is 108 Å². The molecular weight excluding hydrogens is 554 g/mol.